The third-order valence-electron chi connectivity index (χ3n) is 5.26. The van der Waals surface area contributed by atoms with E-state index in [0.717, 1.165) is 25.0 Å². The van der Waals surface area contributed by atoms with E-state index in [4.69, 9.17) is 38.7 Å². The van der Waals surface area contributed by atoms with E-state index in [1.807, 2.05) is 42.5 Å². The average Bonchev–Trinajstić information content (AvgIpc) is 3.40. The van der Waals surface area contributed by atoms with Crippen LogP contribution in [-0.2, 0) is 4.74 Å². The summed E-state index contributed by atoms with van der Waals surface area (Å²) in [6.45, 7) is 1.42. The number of para-hydroxylation sites is 1. The van der Waals surface area contributed by atoms with Crippen LogP contribution in [0.1, 0.15) is 12.8 Å². The van der Waals surface area contributed by atoms with Gasteiger partial charge in [-0.05, 0) is 37.1 Å². The summed E-state index contributed by atoms with van der Waals surface area (Å²) in [7, 11) is 0. The van der Waals surface area contributed by atoms with Gasteiger partial charge in [-0.3, -0.25) is 0 Å². The van der Waals surface area contributed by atoms with E-state index in [9.17, 15) is 0 Å². The van der Waals surface area contributed by atoms with Gasteiger partial charge in [-0.25, -0.2) is 9.67 Å². The first-order chi connectivity index (χ1) is 15.1. The molecule has 1 aliphatic rings. The summed E-state index contributed by atoms with van der Waals surface area (Å²) >= 11 is 12.6. The molecular weight excluding hydrogens is 435 g/mol. The summed E-state index contributed by atoms with van der Waals surface area (Å²) in [6.07, 6.45) is 2.24. The lowest BCUT2D eigenvalue weighted by Gasteiger charge is -2.12. The first-order valence-electron chi connectivity index (χ1n) is 10.0. The summed E-state index contributed by atoms with van der Waals surface area (Å²) in [5, 5.41) is 9.72. The van der Waals surface area contributed by atoms with E-state index < -0.39 is 0 Å². The summed E-state index contributed by atoms with van der Waals surface area (Å²) in [6, 6.07) is 14.9. The Balaban J connectivity index is 1.66. The molecule has 4 aromatic rings. The van der Waals surface area contributed by atoms with Gasteiger partial charge in [0.1, 0.15) is 5.82 Å². The zero-order valence-corrected chi connectivity index (χ0v) is 18.1. The molecule has 3 N–H and O–H groups in total. The molecule has 31 heavy (non-hydrogen) atoms. The summed E-state index contributed by atoms with van der Waals surface area (Å²) < 4.78 is 7.29. The van der Waals surface area contributed by atoms with Crippen LogP contribution in [0, 0.1) is 0 Å². The Morgan fingerprint density at radius 2 is 2.00 bits per heavy atom. The number of fused-ring (bicyclic) bond motifs is 1. The van der Waals surface area contributed by atoms with Crippen LogP contribution in [0.2, 0.25) is 10.0 Å². The Hall–Kier alpha value is -2.87. The third kappa shape index (κ3) is 3.92. The second-order valence-corrected chi connectivity index (χ2v) is 8.21. The monoisotopic (exact) mass is 454 g/mol. The van der Waals surface area contributed by atoms with Crippen LogP contribution >= 0.6 is 23.2 Å². The van der Waals surface area contributed by atoms with Gasteiger partial charge in [0.15, 0.2) is 5.65 Å². The molecule has 0 saturated carbocycles. The van der Waals surface area contributed by atoms with Crippen molar-refractivity contribution in [1.82, 2.24) is 19.7 Å². The zero-order valence-electron chi connectivity index (χ0n) is 16.6. The van der Waals surface area contributed by atoms with Gasteiger partial charge in [-0.2, -0.15) is 4.98 Å². The number of halogens is 2. The van der Waals surface area contributed by atoms with Gasteiger partial charge in [0.05, 0.1) is 27.9 Å². The number of nitrogens with zero attached hydrogens (tertiary/aromatic N) is 4. The van der Waals surface area contributed by atoms with Crippen molar-refractivity contribution in [2.45, 2.75) is 18.9 Å². The van der Waals surface area contributed by atoms with Gasteiger partial charge in [0.2, 0.25) is 5.95 Å². The summed E-state index contributed by atoms with van der Waals surface area (Å²) in [5.41, 5.74) is 9.15. The highest BCUT2D eigenvalue weighted by atomic mass is 35.5. The third-order valence-corrected chi connectivity index (χ3v) is 5.81. The Morgan fingerprint density at radius 3 is 2.77 bits per heavy atom. The first kappa shape index (κ1) is 20.1. The lowest BCUT2D eigenvalue weighted by atomic mass is 10.1. The molecule has 1 aliphatic heterocycles. The second-order valence-electron chi connectivity index (χ2n) is 7.37. The molecule has 2 aromatic carbocycles. The van der Waals surface area contributed by atoms with Gasteiger partial charge < -0.3 is 15.8 Å². The SMILES string of the molecule is Nc1c2c(-c3cccc(Cl)c3)nc(NC[C@H]3CCCO3)nc2nn1-c1ccccc1Cl. The van der Waals surface area contributed by atoms with Crippen LogP contribution < -0.4 is 11.1 Å². The van der Waals surface area contributed by atoms with E-state index in [1.165, 1.54) is 0 Å². The molecule has 1 fully saturated rings. The standard InChI is InChI=1S/C22H20Cl2N6O/c23-14-6-3-5-13(11-14)19-18-20(25)30(17-9-2-1-8-16(17)24)29-21(18)28-22(27-19)26-12-15-7-4-10-31-15/h1-3,5-6,8-9,11,15H,4,7,10,12,25H2,(H,26,28,29)/t15-/m1/s1. The summed E-state index contributed by atoms with van der Waals surface area (Å²) in [4.78, 5) is 9.38. The number of anilines is 2. The number of benzene rings is 2. The van der Waals surface area contributed by atoms with Crippen molar-refractivity contribution >= 4 is 46.0 Å². The van der Waals surface area contributed by atoms with E-state index in [0.29, 0.717) is 50.8 Å². The second kappa shape index (κ2) is 8.34. The number of nitrogens with one attached hydrogen (secondary N) is 1. The molecule has 3 heterocycles. The van der Waals surface area contributed by atoms with E-state index >= 15 is 0 Å². The van der Waals surface area contributed by atoms with Crippen LogP contribution in [-0.4, -0.2) is 39.0 Å². The molecule has 1 saturated heterocycles. The van der Waals surface area contributed by atoms with Gasteiger partial charge in [-0.1, -0.05) is 47.5 Å². The van der Waals surface area contributed by atoms with Crippen LogP contribution in [0.5, 0.6) is 0 Å². The molecule has 0 spiro atoms. The Bertz CT molecular complexity index is 1250. The molecule has 0 radical (unpaired) electrons. The molecular formula is C22H20Cl2N6O. The maximum Gasteiger partial charge on any atom is 0.225 e. The Labute approximate surface area is 189 Å². The minimum Gasteiger partial charge on any atom is -0.383 e. The zero-order chi connectivity index (χ0) is 21.4. The van der Waals surface area contributed by atoms with Crippen molar-refractivity contribution in [3.63, 3.8) is 0 Å². The topological polar surface area (TPSA) is 90.9 Å². The van der Waals surface area contributed by atoms with Crippen molar-refractivity contribution in [1.29, 1.82) is 0 Å². The van der Waals surface area contributed by atoms with Gasteiger partial charge >= 0.3 is 0 Å². The molecule has 9 heteroatoms. The number of rotatable bonds is 5. The molecule has 7 nitrogen and oxygen atoms in total. The lowest BCUT2D eigenvalue weighted by molar-refractivity contribution is 0.120. The van der Waals surface area contributed by atoms with Gasteiger partial charge in [0.25, 0.3) is 0 Å². The largest absolute Gasteiger partial charge is 0.383 e. The van der Waals surface area contributed by atoms with Gasteiger partial charge in [-0.15, -0.1) is 5.10 Å². The first-order valence-corrected chi connectivity index (χ1v) is 10.8. The highest BCUT2D eigenvalue weighted by molar-refractivity contribution is 6.32. The Morgan fingerprint density at radius 1 is 1.13 bits per heavy atom. The minimum atomic E-state index is 0.152. The molecule has 1 atom stereocenters. The predicted molar refractivity (Wildman–Crippen MR) is 124 cm³/mol. The average molecular weight is 455 g/mol. The number of nitrogen functional groups attached to an aromatic ring is 1. The van der Waals surface area contributed by atoms with E-state index in [1.54, 1.807) is 10.7 Å². The van der Waals surface area contributed by atoms with Crippen molar-refractivity contribution < 1.29 is 4.74 Å². The van der Waals surface area contributed by atoms with Gasteiger partial charge in [0, 0.05) is 23.7 Å². The molecule has 0 aliphatic carbocycles. The fourth-order valence-corrected chi connectivity index (χ4v) is 4.16. The quantitative estimate of drug-likeness (QED) is 0.442. The minimum absolute atomic E-state index is 0.152. The van der Waals surface area contributed by atoms with Crippen LogP contribution in [0.25, 0.3) is 28.0 Å². The highest BCUT2D eigenvalue weighted by Crippen LogP contribution is 2.34. The summed E-state index contributed by atoms with van der Waals surface area (Å²) in [5.74, 6) is 0.866. The molecule has 0 bridgehead atoms. The maximum atomic E-state index is 6.53. The normalized spacial score (nSPS) is 16.1. The highest BCUT2D eigenvalue weighted by Gasteiger charge is 2.21. The number of hydrogen-bond donors (Lipinski definition) is 2. The van der Waals surface area contributed by atoms with Crippen molar-refractivity contribution in [2.75, 3.05) is 24.2 Å². The lowest BCUT2D eigenvalue weighted by Crippen LogP contribution is -2.19. The number of aromatic nitrogens is 4. The van der Waals surface area contributed by atoms with Crippen molar-refractivity contribution in [3.8, 4) is 16.9 Å². The fraction of sp³-hybridized carbons (Fsp3) is 0.227. The van der Waals surface area contributed by atoms with Crippen LogP contribution in [0.15, 0.2) is 48.5 Å². The van der Waals surface area contributed by atoms with Crippen molar-refractivity contribution in [2.24, 2.45) is 0 Å². The number of nitrogens with two attached hydrogens (primary N) is 1. The van der Waals surface area contributed by atoms with E-state index in [2.05, 4.69) is 15.4 Å². The van der Waals surface area contributed by atoms with Crippen LogP contribution in [0.4, 0.5) is 11.8 Å². The van der Waals surface area contributed by atoms with E-state index in [-0.39, 0.29) is 6.10 Å². The van der Waals surface area contributed by atoms with Crippen molar-refractivity contribution in [3.05, 3.63) is 58.6 Å². The molecule has 0 unspecified atom stereocenters. The predicted octanol–water partition coefficient (Wildman–Crippen LogP) is 4.96. The maximum absolute atomic E-state index is 6.53. The number of ether oxygens (including phenoxy) is 1. The smallest absolute Gasteiger partial charge is 0.225 e. The molecule has 2 aromatic heterocycles. The number of hydrogen-bond acceptors (Lipinski definition) is 6. The molecule has 0 amide bonds. The molecule has 5 rings (SSSR count). The Kier molecular flexibility index (Phi) is 5.40. The van der Waals surface area contributed by atoms with Crippen LogP contribution in [0.3, 0.4) is 0 Å². The fourth-order valence-electron chi connectivity index (χ4n) is 3.75. The molecule has 158 valence electrons.